The van der Waals surface area contributed by atoms with E-state index in [1.165, 1.54) is 16.7 Å². The molecule has 2 fully saturated rings. The molecule has 2 amide bonds. The number of likely N-dealkylation sites (tertiary alicyclic amines) is 1. The van der Waals surface area contributed by atoms with Gasteiger partial charge in [0.2, 0.25) is 11.8 Å². The van der Waals surface area contributed by atoms with E-state index in [4.69, 9.17) is 16.6 Å². The van der Waals surface area contributed by atoms with Crippen molar-refractivity contribution >= 4 is 55.3 Å². The van der Waals surface area contributed by atoms with Gasteiger partial charge in [-0.3, -0.25) is 19.5 Å². The second-order valence-electron chi connectivity index (χ2n) is 9.69. The summed E-state index contributed by atoms with van der Waals surface area (Å²) in [6, 6.07) is 5.79. The molecular formula is C26H30Br2ClN5O2. The molecule has 1 aliphatic carbocycles. The van der Waals surface area contributed by atoms with E-state index < -0.39 is 0 Å². The van der Waals surface area contributed by atoms with E-state index in [1.807, 2.05) is 17.2 Å². The standard InChI is InChI=1S/C26H30Br2ClN5O2/c27-18-11-17-5-4-16-12-19(29)13-20(28)23(16)25(24(17)32-14-18)34-10-7-30-21(15-34)26(36)31-6-2-9-33-8-1-3-22(33)35/h11-14,21,25,30H,1-10,15H2,(H,31,36). The Morgan fingerprint density at radius 3 is 2.81 bits per heavy atom. The highest BCUT2D eigenvalue weighted by Gasteiger charge is 2.36. The number of piperazine rings is 1. The van der Waals surface area contributed by atoms with Crippen LogP contribution in [0.2, 0.25) is 5.02 Å². The van der Waals surface area contributed by atoms with Crippen LogP contribution in [0.1, 0.15) is 47.7 Å². The normalized spacial score (nSPS) is 22.2. The van der Waals surface area contributed by atoms with Gasteiger partial charge in [-0.1, -0.05) is 27.5 Å². The first kappa shape index (κ1) is 26.1. The average Bonchev–Trinajstić information content (AvgIpc) is 3.19. The van der Waals surface area contributed by atoms with Crippen molar-refractivity contribution < 1.29 is 9.59 Å². The topological polar surface area (TPSA) is 77.6 Å². The predicted octanol–water partition coefficient (Wildman–Crippen LogP) is 3.85. The van der Waals surface area contributed by atoms with Crippen LogP contribution < -0.4 is 10.6 Å². The number of carbonyl (C=O) groups is 2. The van der Waals surface area contributed by atoms with Crippen molar-refractivity contribution in [1.29, 1.82) is 0 Å². The summed E-state index contributed by atoms with van der Waals surface area (Å²) in [6.45, 7) is 4.20. The van der Waals surface area contributed by atoms with Gasteiger partial charge in [0.05, 0.1) is 17.8 Å². The number of fused-ring (bicyclic) bond motifs is 2. The molecule has 0 bridgehead atoms. The molecule has 10 heteroatoms. The SMILES string of the molecule is O=C(NCCCN1CCCC1=O)C1CN(C2c3ncc(Br)cc3CCc3cc(Cl)cc(Br)c32)CCN1. The largest absolute Gasteiger partial charge is 0.355 e. The number of hydrogen-bond acceptors (Lipinski definition) is 5. The van der Waals surface area contributed by atoms with Gasteiger partial charge in [-0.25, -0.2) is 0 Å². The highest BCUT2D eigenvalue weighted by atomic mass is 79.9. The van der Waals surface area contributed by atoms with Crippen LogP contribution in [0.4, 0.5) is 0 Å². The summed E-state index contributed by atoms with van der Waals surface area (Å²) in [5, 5.41) is 7.19. The molecule has 2 atom stereocenters. The first-order valence-electron chi connectivity index (χ1n) is 12.6. The van der Waals surface area contributed by atoms with Crippen LogP contribution in [-0.4, -0.2) is 71.9 Å². The van der Waals surface area contributed by atoms with Crippen molar-refractivity contribution in [2.45, 2.75) is 44.2 Å². The van der Waals surface area contributed by atoms with E-state index in [-0.39, 0.29) is 23.9 Å². The maximum atomic E-state index is 13.1. The quantitative estimate of drug-likeness (QED) is 0.470. The summed E-state index contributed by atoms with van der Waals surface area (Å²) < 4.78 is 1.94. The first-order valence-corrected chi connectivity index (χ1v) is 14.5. The lowest BCUT2D eigenvalue weighted by atomic mass is 9.95. The molecule has 3 aliphatic rings. The van der Waals surface area contributed by atoms with Gasteiger partial charge in [-0.2, -0.15) is 0 Å². The van der Waals surface area contributed by atoms with Gasteiger partial charge in [0.15, 0.2) is 0 Å². The zero-order chi connectivity index (χ0) is 25.2. The molecular weight excluding hydrogens is 610 g/mol. The van der Waals surface area contributed by atoms with Crippen LogP contribution in [0, 0.1) is 0 Å². The fraction of sp³-hybridized carbons (Fsp3) is 0.500. The molecule has 0 saturated carbocycles. The van der Waals surface area contributed by atoms with E-state index in [9.17, 15) is 9.59 Å². The van der Waals surface area contributed by atoms with Gasteiger partial charge in [0.25, 0.3) is 0 Å². The van der Waals surface area contributed by atoms with Crippen LogP contribution in [0.15, 0.2) is 33.3 Å². The average molecular weight is 640 g/mol. The number of aryl methyl sites for hydroxylation is 2. The zero-order valence-electron chi connectivity index (χ0n) is 20.0. The Morgan fingerprint density at radius 1 is 1.17 bits per heavy atom. The Bertz CT molecular complexity index is 1160. The van der Waals surface area contributed by atoms with Gasteiger partial charge in [0.1, 0.15) is 0 Å². The number of hydrogen-bond donors (Lipinski definition) is 2. The monoisotopic (exact) mass is 637 g/mol. The van der Waals surface area contributed by atoms with Crippen LogP contribution in [-0.2, 0) is 22.4 Å². The summed E-state index contributed by atoms with van der Waals surface area (Å²) in [7, 11) is 0. The Hall–Kier alpha value is -1.52. The number of halogens is 3. The van der Waals surface area contributed by atoms with Crippen LogP contribution in [0.5, 0.6) is 0 Å². The van der Waals surface area contributed by atoms with Crippen molar-refractivity contribution in [3.63, 3.8) is 0 Å². The van der Waals surface area contributed by atoms with Gasteiger partial charge in [-0.15, -0.1) is 0 Å². The number of amides is 2. The van der Waals surface area contributed by atoms with Crippen molar-refractivity contribution in [2.75, 3.05) is 39.3 Å². The number of benzene rings is 1. The fourth-order valence-corrected chi connectivity index (χ4v) is 7.05. The number of rotatable bonds is 6. The molecule has 2 unspecified atom stereocenters. The Labute approximate surface area is 233 Å². The third kappa shape index (κ3) is 5.65. The second-order valence-corrected chi connectivity index (χ2v) is 11.9. The summed E-state index contributed by atoms with van der Waals surface area (Å²) in [5.74, 6) is 0.225. The van der Waals surface area contributed by atoms with E-state index >= 15 is 0 Å². The molecule has 1 aromatic heterocycles. The lowest BCUT2D eigenvalue weighted by molar-refractivity contribution is -0.127. The number of nitrogens with zero attached hydrogens (tertiary/aromatic N) is 3. The Balaban J connectivity index is 1.32. The smallest absolute Gasteiger partial charge is 0.238 e. The molecule has 5 rings (SSSR count). The molecule has 3 heterocycles. The van der Waals surface area contributed by atoms with Crippen LogP contribution in [0.3, 0.4) is 0 Å². The fourth-order valence-electron chi connectivity index (χ4n) is 5.58. The van der Waals surface area contributed by atoms with E-state index in [1.54, 1.807) is 0 Å². The van der Waals surface area contributed by atoms with Crippen LogP contribution in [0.25, 0.3) is 0 Å². The second kappa shape index (κ2) is 11.5. The minimum absolute atomic E-state index is 0.000421. The number of carbonyl (C=O) groups excluding carboxylic acids is 2. The molecule has 2 aliphatic heterocycles. The zero-order valence-corrected chi connectivity index (χ0v) is 24.0. The van der Waals surface area contributed by atoms with Crippen LogP contribution >= 0.6 is 43.5 Å². The van der Waals surface area contributed by atoms with Crippen molar-refractivity contribution in [3.8, 4) is 0 Å². The molecule has 0 spiro atoms. The lowest BCUT2D eigenvalue weighted by Gasteiger charge is -2.39. The van der Waals surface area contributed by atoms with Gasteiger partial charge in [0, 0.05) is 65.9 Å². The van der Waals surface area contributed by atoms with Gasteiger partial charge < -0.3 is 15.5 Å². The summed E-state index contributed by atoms with van der Waals surface area (Å²) in [6.07, 6.45) is 5.98. The van der Waals surface area contributed by atoms with E-state index in [0.717, 1.165) is 53.4 Å². The first-order chi connectivity index (χ1) is 17.4. The number of nitrogens with one attached hydrogen (secondary N) is 2. The molecule has 2 saturated heterocycles. The highest BCUT2D eigenvalue weighted by molar-refractivity contribution is 9.10. The van der Waals surface area contributed by atoms with Gasteiger partial charge >= 0.3 is 0 Å². The van der Waals surface area contributed by atoms with Crippen molar-refractivity contribution in [3.05, 3.63) is 60.7 Å². The Morgan fingerprint density at radius 2 is 2.00 bits per heavy atom. The lowest BCUT2D eigenvalue weighted by Crippen LogP contribution is -2.58. The summed E-state index contributed by atoms with van der Waals surface area (Å²) in [5.41, 5.74) is 4.65. The molecule has 7 nitrogen and oxygen atoms in total. The van der Waals surface area contributed by atoms with Crippen molar-refractivity contribution in [2.24, 2.45) is 0 Å². The number of pyridine rings is 1. The number of aromatic nitrogens is 1. The predicted molar refractivity (Wildman–Crippen MR) is 147 cm³/mol. The third-order valence-corrected chi connectivity index (χ3v) is 8.62. The molecule has 36 heavy (non-hydrogen) atoms. The summed E-state index contributed by atoms with van der Waals surface area (Å²) >= 11 is 13.8. The molecule has 2 N–H and O–H groups in total. The molecule has 0 radical (unpaired) electrons. The Kier molecular flexibility index (Phi) is 8.32. The maximum Gasteiger partial charge on any atom is 0.238 e. The highest BCUT2D eigenvalue weighted by Crippen LogP contribution is 2.41. The van der Waals surface area contributed by atoms with E-state index in [2.05, 4.69) is 59.5 Å². The maximum absolute atomic E-state index is 13.1. The minimum atomic E-state index is -0.316. The third-order valence-electron chi connectivity index (χ3n) is 7.31. The molecule has 2 aromatic rings. The van der Waals surface area contributed by atoms with Gasteiger partial charge in [-0.05, 0) is 76.5 Å². The van der Waals surface area contributed by atoms with E-state index in [0.29, 0.717) is 37.6 Å². The minimum Gasteiger partial charge on any atom is -0.355 e. The molecule has 192 valence electrons. The van der Waals surface area contributed by atoms with Crippen molar-refractivity contribution in [1.82, 2.24) is 25.4 Å². The molecule has 1 aromatic carbocycles. The summed E-state index contributed by atoms with van der Waals surface area (Å²) in [4.78, 5) is 34.0.